The Balaban J connectivity index is 1.62. The zero-order valence-corrected chi connectivity index (χ0v) is 15.0. The minimum Gasteiger partial charge on any atom is -0.326 e. The van der Waals surface area contributed by atoms with E-state index in [0.717, 1.165) is 17.1 Å². The predicted octanol–water partition coefficient (Wildman–Crippen LogP) is 1.96. The summed E-state index contributed by atoms with van der Waals surface area (Å²) < 4.78 is 0. The molecular weight excluding hydrogens is 344 g/mol. The number of rotatable bonds is 3. The van der Waals surface area contributed by atoms with Crippen LogP contribution in [0.4, 0.5) is 11.6 Å². The summed E-state index contributed by atoms with van der Waals surface area (Å²) in [6.45, 7) is 4.70. The van der Waals surface area contributed by atoms with Crippen molar-refractivity contribution >= 4 is 29.2 Å². The molecule has 136 valence electrons. The van der Waals surface area contributed by atoms with Gasteiger partial charge in [0.15, 0.2) is 5.78 Å². The number of nitrogens with one attached hydrogen (secondary N) is 2. The van der Waals surface area contributed by atoms with Crippen LogP contribution in [0.2, 0.25) is 0 Å². The number of nitrogens with zero attached hydrogens (tertiary/aromatic N) is 4. The molecule has 8 heteroatoms. The second kappa shape index (κ2) is 6.64. The molecule has 0 saturated carbocycles. The largest absolute Gasteiger partial charge is 0.326 e. The number of amides is 1. The van der Waals surface area contributed by atoms with Crippen LogP contribution in [-0.4, -0.2) is 45.5 Å². The zero-order valence-electron chi connectivity index (χ0n) is 15.0. The highest BCUT2D eigenvalue weighted by Gasteiger charge is 2.30. The zero-order chi connectivity index (χ0) is 19.0. The number of amidine groups is 1. The summed E-state index contributed by atoms with van der Waals surface area (Å²) in [6, 6.07) is 7.17. The van der Waals surface area contributed by atoms with Gasteiger partial charge in [-0.3, -0.25) is 14.6 Å². The summed E-state index contributed by atoms with van der Waals surface area (Å²) >= 11 is 0. The number of hydrogen-bond donors (Lipinski definition) is 2. The fourth-order valence-electron chi connectivity index (χ4n) is 3.05. The maximum absolute atomic E-state index is 12.7. The van der Waals surface area contributed by atoms with Gasteiger partial charge in [-0.2, -0.15) is 0 Å². The lowest BCUT2D eigenvalue weighted by molar-refractivity contribution is -0.114. The van der Waals surface area contributed by atoms with E-state index in [-0.39, 0.29) is 11.7 Å². The third-order valence-corrected chi connectivity index (χ3v) is 4.27. The summed E-state index contributed by atoms with van der Waals surface area (Å²) in [4.78, 5) is 38.9. The number of aliphatic imine (C=N–C) groups is 1. The first-order valence-electron chi connectivity index (χ1n) is 8.58. The summed E-state index contributed by atoms with van der Waals surface area (Å²) in [5, 5.41) is 5.82. The van der Waals surface area contributed by atoms with Crippen LogP contribution in [0.5, 0.6) is 0 Å². The van der Waals surface area contributed by atoms with E-state index in [1.165, 1.54) is 19.2 Å². The topological polar surface area (TPSA) is 99.6 Å². The molecule has 2 aliphatic rings. The lowest BCUT2D eigenvalue weighted by atomic mass is 10.1. The maximum Gasteiger partial charge on any atom is 0.222 e. The van der Waals surface area contributed by atoms with Gasteiger partial charge in [-0.1, -0.05) is 0 Å². The van der Waals surface area contributed by atoms with Gasteiger partial charge >= 0.3 is 0 Å². The van der Waals surface area contributed by atoms with Gasteiger partial charge in [-0.25, -0.2) is 9.97 Å². The van der Waals surface area contributed by atoms with E-state index in [1.807, 2.05) is 24.0 Å². The Labute approximate surface area is 156 Å². The standard InChI is InChI=1S/C19H18N6O2/c1-11-3-5-14-18(22-11)24-17(25-8-7-20-19(14)25)9-15(27)13-4-6-16(21-10-13)23-12(2)26/h3-6,9-10H,7-8H2,1-2H3,(H,22,24)(H,21,23,26)/b17-9+. The molecule has 27 heavy (non-hydrogen) atoms. The van der Waals surface area contributed by atoms with Crippen LogP contribution in [0.1, 0.15) is 28.5 Å². The number of carbonyl (C=O) groups excluding carboxylic acids is 2. The van der Waals surface area contributed by atoms with Gasteiger partial charge in [0.05, 0.1) is 12.1 Å². The van der Waals surface area contributed by atoms with Crippen molar-refractivity contribution in [1.82, 2.24) is 14.9 Å². The second-order valence-corrected chi connectivity index (χ2v) is 6.34. The summed E-state index contributed by atoms with van der Waals surface area (Å²) in [5.74, 6) is 2.18. The van der Waals surface area contributed by atoms with Crippen molar-refractivity contribution < 1.29 is 9.59 Å². The SMILES string of the molecule is CC(=O)Nc1ccc(C(=O)/C=C2\Nc3nc(C)ccc3C3=NCCN32)cn1. The van der Waals surface area contributed by atoms with Crippen molar-refractivity contribution in [3.05, 3.63) is 59.2 Å². The highest BCUT2D eigenvalue weighted by Crippen LogP contribution is 2.28. The molecule has 0 radical (unpaired) electrons. The molecule has 2 N–H and O–H groups in total. The average molecular weight is 362 g/mol. The minimum absolute atomic E-state index is 0.193. The van der Waals surface area contributed by atoms with E-state index in [9.17, 15) is 9.59 Å². The number of aryl methyl sites for hydroxylation is 1. The highest BCUT2D eigenvalue weighted by atomic mass is 16.1. The highest BCUT2D eigenvalue weighted by molar-refractivity contribution is 6.10. The first-order chi connectivity index (χ1) is 13.0. The molecule has 4 heterocycles. The van der Waals surface area contributed by atoms with Gasteiger partial charge in [0.25, 0.3) is 0 Å². The number of fused-ring (bicyclic) bond motifs is 3. The Kier molecular flexibility index (Phi) is 4.15. The number of allylic oxidation sites excluding steroid dienone is 1. The Hall–Kier alpha value is -3.55. The van der Waals surface area contributed by atoms with Crippen LogP contribution in [0.15, 0.2) is 47.4 Å². The van der Waals surface area contributed by atoms with Gasteiger partial charge in [-0.15, -0.1) is 0 Å². The molecule has 0 spiro atoms. The van der Waals surface area contributed by atoms with Crippen molar-refractivity contribution in [2.75, 3.05) is 23.7 Å². The van der Waals surface area contributed by atoms with Gasteiger partial charge < -0.3 is 15.5 Å². The number of carbonyl (C=O) groups is 2. The third kappa shape index (κ3) is 3.29. The average Bonchev–Trinajstić information content (AvgIpc) is 3.12. The van der Waals surface area contributed by atoms with Gasteiger partial charge in [0.1, 0.15) is 23.3 Å². The summed E-state index contributed by atoms with van der Waals surface area (Å²) in [7, 11) is 0. The van der Waals surface area contributed by atoms with Crippen LogP contribution < -0.4 is 10.6 Å². The van der Waals surface area contributed by atoms with Crippen LogP contribution in [0.3, 0.4) is 0 Å². The molecular formula is C19H18N6O2. The lowest BCUT2D eigenvalue weighted by Crippen LogP contribution is -2.37. The Bertz CT molecular complexity index is 994. The van der Waals surface area contributed by atoms with Crippen LogP contribution in [0, 0.1) is 6.92 Å². The number of aromatic nitrogens is 2. The third-order valence-electron chi connectivity index (χ3n) is 4.27. The second-order valence-electron chi connectivity index (χ2n) is 6.34. The van der Waals surface area contributed by atoms with E-state index < -0.39 is 0 Å². The number of anilines is 2. The van der Waals surface area contributed by atoms with Crippen molar-refractivity contribution in [2.24, 2.45) is 4.99 Å². The fourth-order valence-corrected chi connectivity index (χ4v) is 3.05. The molecule has 2 aliphatic heterocycles. The van der Waals surface area contributed by atoms with E-state index in [2.05, 4.69) is 25.6 Å². The smallest absolute Gasteiger partial charge is 0.222 e. The molecule has 0 aliphatic carbocycles. The van der Waals surface area contributed by atoms with Gasteiger partial charge in [0.2, 0.25) is 5.91 Å². The monoisotopic (exact) mass is 362 g/mol. The van der Waals surface area contributed by atoms with Gasteiger partial charge in [-0.05, 0) is 31.2 Å². The Morgan fingerprint density at radius 1 is 1.26 bits per heavy atom. The molecule has 0 atom stereocenters. The maximum atomic E-state index is 12.7. The number of pyridine rings is 2. The van der Waals surface area contributed by atoms with E-state index in [1.54, 1.807) is 12.1 Å². The van der Waals surface area contributed by atoms with E-state index in [4.69, 9.17) is 0 Å². The van der Waals surface area contributed by atoms with Crippen LogP contribution in [-0.2, 0) is 4.79 Å². The van der Waals surface area contributed by atoms with Crippen molar-refractivity contribution in [3.63, 3.8) is 0 Å². The molecule has 2 aromatic rings. The lowest BCUT2D eigenvalue weighted by Gasteiger charge is -2.30. The normalized spacial score (nSPS) is 16.3. The predicted molar refractivity (Wildman–Crippen MR) is 102 cm³/mol. The van der Waals surface area contributed by atoms with Crippen molar-refractivity contribution in [3.8, 4) is 0 Å². The van der Waals surface area contributed by atoms with Crippen molar-refractivity contribution in [2.45, 2.75) is 13.8 Å². The molecule has 2 aromatic heterocycles. The van der Waals surface area contributed by atoms with E-state index >= 15 is 0 Å². The Morgan fingerprint density at radius 3 is 2.85 bits per heavy atom. The first-order valence-corrected chi connectivity index (χ1v) is 8.58. The molecule has 0 unspecified atom stereocenters. The molecule has 1 amide bonds. The molecule has 0 bridgehead atoms. The fraction of sp³-hybridized carbons (Fsp3) is 0.211. The summed E-state index contributed by atoms with van der Waals surface area (Å²) in [6.07, 6.45) is 2.98. The molecule has 0 saturated heterocycles. The minimum atomic E-state index is -0.211. The van der Waals surface area contributed by atoms with Crippen LogP contribution >= 0.6 is 0 Å². The Morgan fingerprint density at radius 2 is 2.11 bits per heavy atom. The quantitative estimate of drug-likeness (QED) is 0.640. The summed E-state index contributed by atoms with van der Waals surface area (Å²) in [5.41, 5.74) is 2.25. The van der Waals surface area contributed by atoms with E-state index in [0.29, 0.717) is 36.1 Å². The molecule has 4 rings (SSSR count). The molecule has 0 aromatic carbocycles. The first kappa shape index (κ1) is 16.9. The molecule has 0 fully saturated rings. The van der Waals surface area contributed by atoms with Gasteiger partial charge in [0, 0.05) is 37.0 Å². The number of ketones is 1. The molecule has 8 nitrogen and oxygen atoms in total. The van der Waals surface area contributed by atoms with Crippen molar-refractivity contribution in [1.29, 1.82) is 0 Å². The van der Waals surface area contributed by atoms with Crippen LogP contribution in [0.25, 0.3) is 0 Å². The number of hydrogen-bond acceptors (Lipinski definition) is 7.